The lowest BCUT2D eigenvalue weighted by atomic mass is 10.1. The Morgan fingerprint density at radius 3 is 2.44 bits per heavy atom. The number of hydrogen-bond acceptors (Lipinski definition) is 5. The van der Waals surface area contributed by atoms with Gasteiger partial charge in [-0.3, -0.25) is 4.79 Å². The van der Waals surface area contributed by atoms with E-state index < -0.39 is 52.9 Å². The average molecular weight is 523 g/mol. The molecule has 0 fully saturated rings. The molecule has 3 rings (SSSR count). The van der Waals surface area contributed by atoms with E-state index in [0.29, 0.717) is 11.3 Å². The van der Waals surface area contributed by atoms with E-state index in [9.17, 15) is 26.7 Å². The predicted molar refractivity (Wildman–Crippen MR) is 106 cm³/mol. The quantitative estimate of drug-likeness (QED) is 0.534. The molecule has 172 valence electrons. The molecule has 0 saturated carbocycles. The van der Waals surface area contributed by atoms with Crippen molar-refractivity contribution >= 4 is 27.5 Å². The predicted octanol–water partition coefficient (Wildman–Crippen LogP) is 4.14. The van der Waals surface area contributed by atoms with Crippen LogP contribution < -0.4 is 15.8 Å². The number of amides is 1. The molecule has 0 radical (unpaired) electrons. The number of nitrogens with one attached hydrogen (secondary N) is 1. The summed E-state index contributed by atoms with van der Waals surface area (Å²) in [7, 11) is 1.35. The van der Waals surface area contributed by atoms with Crippen LogP contribution in [0.3, 0.4) is 0 Å². The Morgan fingerprint density at radius 1 is 1.22 bits per heavy atom. The van der Waals surface area contributed by atoms with Gasteiger partial charge in [0, 0.05) is 12.7 Å². The fourth-order valence-corrected chi connectivity index (χ4v) is 3.50. The largest absolute Gasteiger partial charge is 0.479 e. The zero-order valence-electron chi connectivity index (χ0n) is 16.3. The third-order valence-electron chi connectivity index (χ3n) is 4.46. The van der Waals surface area contributed by atoms with E-state index in [4.69, 9.17) is 19.9 Å². The van der Waals surface area contributed by atoms with Gasteiger partial charge in [0.1, 0.15) is 11.4 Å². The van der Waals surface area contributed by atoms with Crippen molar-refractivity contribution < 1.29 is 41.0 Å². The Kier molecular flexibility index (Phi) is 6.94. The molecule has 2 aromatic carbocycles. The van der Waals surface area contributed by atoms with Gasteiger partial charge < -0.3 is 25.3 Å². The van der Waals surface area contributed by atoms with Gasteiger partial charge in [0.25, 0.3) is 5.91 Å². The van der Waals surface area contributed by atoms with Crippen molar-refractivity contribution in [2.24, 2.45) is 5.73 Å². The number of ether oxygens (including phenoxy) is 3. The lowest BCUT2D eigenvalue weighted by molar-refractivity contribution is -0.137. The minimum Gasteiger partial charge on any atom is -0.479 e. The third-order valence-corrected chi connectivity index (χ3v) is 5.05. The van der Waals surface area contributed by atoms with Crippen LogP contribution in [0.25, 0.3) is 5.70 Å². The molecule has 2 atom stereocenters. The smallest absolute Gasteiger partial charge is 0.416 e. The molecule has 1 heterocycles. The minimum atomic E-state index is -4.48. The molecular formula is C20H16BrF5N2O4. The van der Waals surface area contributed by atoms with Gasteiger partial charge in [-0.2, -0.15) is 13.2 Å². The number of benzene rings is 2. The standard InChI is InChI=1S/C20H16BrF5N2O4/c1-30-8-13(31-12-7-6-11(22)14(15(12)23)18(27)29)19-28-16(17(21)32-19)9-2-4-10(5-3-9)20(24,25)26/h2-7,13,19,28H,8H2,1H3,(H2,27,29). The monoisotopic (exact) mass is 522 g/mol. The van der Waals surface area contributed by atoms with Crippen molar-refractivity contribution in [3.05, 3.63) is 69.4 Å². The Hall–Kier alpha value is -2.86. The first kappa shape index (κ1) is 23.8. The lowest BCUT2D eigenvalue weighted by Gasteiger charge is -2.25. The van der Waals surface area contributed by atoms with Crippen LogP contribution in [-0.2, 0) is 15.7 Å². The van der Waals surface area contributed by atoms with Crippen LogP contribution in [0.1, 0.15) is 21.5 Å². The molecule has 0 bridgehead atoms. The van der Waals surface area contributed by atoms with Crippen LogP contribution in [0.15, 0.2) is 41.1 Å². The molecule has 1 aliphatic heterocycles. The van der Waals surface area contributed by atoms with Crippen LogP contribution in [0.4, 0.5) is 22.0 Å². The second-order valence-corrected chi connectivity index (χ2v) is 7.34. The maximum absolute atomic E-state index is 14.5. The van der Waals surface area contributed by atoms with Crippen LogP contribution >= 0.6 is 15.9 Å². The first-order valence-electron chi connectivity index (χ1n) is 8.97. The number of methoxy groups -OCH3 is 1. The van der Waals surface area contributed by atoms with E-state index in [1.54, 1.807) is 0 Å². The van der Waals surface area contributed by atoms with Crippen LogP contribution in [0.2, 0.25) is 0 Å². The number of rotatable bonds is 7. The van der Waals surface area contributed by atoms with Crippen LogP contribution in [-0.4, -0.2) is 32.0 Å². The highest BCUT2D eigenvalue weighted by Crippen LogP contribution is 2.34. The van der Waals surface area contributed by atoms with E-state index >= 15 is 0 Å². The maximum Gasteiger partial charge on any atom is 0.416 e. The van der Waals surface area contributed by atoms with Crippen molar-refractivity contribution in [3.63, 3.8) is 0 Å². The number of halogens is 6. The minimum absolute atomic E-state index is 0.124. The number of hydrogen-bond donors (Lipinski definition) is 2. The van der Waals surface area contributed by atoms with Crippen molar-refractivity contribution in [1.29, 1.82) is 0 Å². The number of primary amides is 1. The second kappa shape index (κ2) is 9.33. The molecule has 3 N–H and O–H groups in total. The third kappa shape index (κ3) is 4.96. The topological polar surface area (TPSA) is 82.8 Å². The van der Waals surface area contributed by atoms with Crippen molar-refractivity contribution in [1.82, 2.24) is 5.32 Å². The molecule has 0 spiro atoms. The molecular weight excluding hydrogens is 507 g/mol. The highest BCUT2D eigenvalue weighted by atomic mass is 79.9. The highest BCUT2D eigenvalue weighted by molar-refractivity contribution is 9.11. The lowest BCUT2D eigenvalue weighted by Crippen LogP contribution is -2.43. The van der Waals surface area contributed by atoms with Gasteiger partial charge in [-0.05, 0) is 40.2 Å². The molecule has 0 aromatic heterocycles. The van der Waals surface area contributed by atoms with E-state index in [0.717, 1.165) is 24.3 Å². The molecule has 32 heavy (non-hydrogen) atoms. The van der Waals surface area contributed by atoms with Gasteiger partial charge in [-0.25, -0.2) is 8.78 Å². The summed E-state index contributed by atoms with van der Waals surface area (Å²) in [6.07, 6.45) is -6.46. The summed E-state index contributed by atoms with van der Waals surface area (Å²) in [6.45, 7) is -0.124. The molecule has 12 heteroatoms. The molecule has 2 unspecified atom stereocenters. The maximum atomic E-state index is 14.5. The SMILES string of the molecule is COCC(Oc1ccc(F)c(C(N)=O)c1F)C1NC(c2ccc(C(F)(F)F)cc2)=C(Br)O1. The Labute approximate surface area is 187 Å². The summed E-state index contributed by atoms with van der Waals surface area (Å²) in [4.78, 5) is 11.3. The van der Waals surface area contributed by atoms with Crippen LogP contribution in [0, 0.1) is 11.6 Å². The molecule has 1 aliphatic rings. The van der Waals surface area contributed by atoms with Gasteiger partial charge in [0.15, 0.2) is 22.3 Å². The van der Waals surface area contributed by atoms with E-state index in [1.807, 2.05) is 0 Å². The van der Waals surface area contributed by atoms with Crippen molar-refractivity contribution in [3.8, 4) is 5.75 Å². The van der Waals surface area contributed by atoms with E-state index in [1.165, 1.54) is 19.2 Å². The highest BCUT2D eigenvalue weighted by Gasteiger charge is 2.35. The number of nitrogens with two attached hydrogens (primary N) is 1. The van der Waals surface area contributed by atoms with Gasteiger partial charge in [0.05, 0.1) is 17.9 Å². The Morgan fingerprint density at radius 2 is 1.88 bits per heavy atom. The first-order chi connectivity index (χ1) is 15.0. The summed E-state index contributed by atoms with van der Waals surface area (Å²) >= 11 is 3.19. The van der Waals surface area contributed by atoms with Crippen LogP contribution in [0.5, 0.6) is 5.75 Å². The summed E-state index contributed by atoms with van der Waals surface area (Å²) in [5.74, 6) is -4.20. The van der Waals surface area contributed by atoms with E-state index in [-0.39, 0.29) is 11.3 Å². The summed E-state index contributed by atoms with van der Waals surface area (Å²) < 4.78 is 83.1. The normalized spacial score (nSPS) is 17.0. The van der Waals surface area contributed by atoms with Gasteiger partial charge in [-0.1, -0.05) is 12.1 Å². The Bertz CT molecular complexity index is 1040. The summed E-state index contributed by atoms with van der Waals surface area (Å²) in [5, 5.41) is 2.92. The fourth-order valence-electron chi connectivity index (χ4n) is 2.95. The molecule has 0 saturated heterocycles. The van der Waals surface area contributed by atoms with Gasteiger partial charge in [-0.15, -0.1) is 0 Å². The Balaban J connectivity index is 1.81. The number of carbonyl (C=O) groups excluding carboxylic acids is 1. The summed E-state index contributed by atoms with van der Waals surface area (Å²) in [6, 6.07) is 6.15. The molecule has 1 amide bonds. The number of alkyl halides is 3. The van der Waals surface area contributed by atoms with E-state index in [2.05, 4.69) is 21.2 Å². The number of carbonyl (C=O) groups is 1. The molecule has 0 aliphatic carbocycles. The average Bonchev–Trinajstić information content (AvgIpc) is 3.10. The van der Waals surface area contributed by atoms with Crippen molar-refractivity contribution in [2.45, 2.75) is 18.5 Å². The van der Waals surface area contributed by atoms with Gasteiger partial charge in [0.2, 0.25) is 6.23 Å². The fraction of sp³-hybridized carbons (Fsp3) is 0.250. The molecule has 6 nitrogen and oxygen atoms in total. The zero-order valence-corrected chi connectivity index (χ0v) is 17.9. The zero-order chi connectivity index (χ0) is 23.6. The van der Waals surface area contributed by atoms with Crippen molar-refractivity contribution in [2.75, 3.05) is 13.7 Å². The summed E-state index contributed by atoms with van der Waals surface area (Å²) in [5.41, 5.74) is 3.95. The van der Waals surface area contributed by atoms with Gasteiger partial charge >= 0.3 is 6.18 Å². The molecule has 2 aromatic rings. The second-order valence-electron chi connectivity index (χ2n) is 6.62. The first-order valence-corrected chi connectivity index (χ1v) is 9.76.